The number of rotatable bonds is 7. The summed E-state index contributed by atoms with van der Waals surface area (Å²) >= 11 is 0. The first-order valence-corrected chi connectivity index (χ1v) is 11.5. The van der Waals surface area contributed by atoms with E-state index in [0.717, 1.165) is 53.3 Å². The Bertz CT molecular complexity index is 1120. The van der Waals surface area contributed by atoms with Crippen LogP contribution in [-0.2, 0) is 13.0 Å². The van der Waals surface area contributed by atoms with Crippen LogP contribution in [0.15, 0.2) is 48.7 Å². The molecule has 2 heterocycles. The predicted octanol–water partition coefficient (Wildman–Crippen LogP) is 4.75. The third-order valence-corrected chi connectivity index (χ3v) is 6.17. The molecule has 1 aliphatic heterocycles. The zero-order valence-corrected chi connectivity index (χ0v) is 18.7. The molecule has 0 bridgehead atoms. The van der Waals surface area contributed by atoms with Crippen molar-refractivity contribution in [1.29, 1.82) is 0 Å². The van der Waals surface area contributed by atoms with Gasteiger partial charge in [0.05, 0.1) is 36.4 Å². The first-order valence-electron chi connectivity index (χ1n) is 11.5. The monoisotopic (exact) mass is 431 g/mol. The molecule has 166 valence electrons. The van der Waals surface area contributed by atoms with Crippen LogP contribution in [0.2, 0.25) is 0 Å². The van der Waals surface area contributed by atoms with Crippen molar-refractivity contribution in [3.63, 3.8) is 0 Å². The smallest absolute Gasteiger partial charge is 0.257 e. The van der Waals surface area contributed by atoms with Gasteiger partial charge in [-0.1, -0.05) is 18.2 Å². The fourth-order valence-electron chi connectivity index (χ4n) is 4.49. The van der Waals surface area contributed by atoms with Gasteiger partial charge >= 0.3 is 0 Å². The Kier molecular flexibility index (Phi) is 5.60. The second-order valence-corrected chi connectivity index (χ2v) is 8.38. The van der Waals surface area contributed by atoms with Crippen LogP contribution in [0.4, 0.5) is 0 Å². The van der Waals surface area contributed by atoms with E-state index in [4.69, 9.17) is 9.47 Å². The van der Waals surface area contributed by atoms with E-state index in [1.165, 1.54) is 5.56 Å². The summed E-state index contributed by atoms with van der Waals surface area (Å²) in [5.74, 6) is 2.00. The Labute approximate surface area is 188 Å². The first-order chi connectivity index (χ1) is 15.7. The number of hydrogen-bond acceptors (Lipinski definition) is 4. The zero-order chi connectivity index (χ0) is 22.1. The largest absolute Gasteiger partial charge is 0.490 e. The molecule has 6 nitrogen and oxygen atoms in total. The van der Waals surface area contributed by atoms with Crippen molar-refractivity contribution < 1.29 is 14.3 Å². The molecule has 0 unspecified atom stereocenters. The minimum Gasteiger partial charge on any atom is -0.490 e. The van der Waals surface area contributed by atoms with Crippen LogP contribution in [0.25, 0.3) is 5.69 Å². The fourth-order valence-corrected chi connectivity index (χ4v) is 4.49. The van der Waals surface area contributed by atoms with Crippen LogP contribution in [-0.4, -0.2) is 40.3 Å². The molecule has 1 saturated carbocycles. The number of nitrogens with zero attached hydrogens (tertiary/aromatic N) is 3. The topological polar surface area (TPSA) is 56.6 Å². The minimum absolute atomic E-state index is 0.0616. The third kappa shape index (κ3) is 3.85. The highest BCUT2D eigenvalue weighted by molar-refractivity contribution is 5.95. The number of hydrogen-bond donors (Lipinski definition) is 0. The van der Waals surface area contributed by atoms with Gasteiger partial charge < -0.3 is 14.4 Å². The summed E-state index contributed by atoms with van der Waals surface area (Å²) in [6.45, 7) is 6.37. The average Bonchev–Trinajstić information content (AvgIpc) is 3.57. The van der Waals surface area contributed by atoms with Gasteiger partial charge in [0, 0.05) is 19.0 Å². The molecule has 2 aromatic carbocycles. The average molecular weight is 432 g/mol. The molecule has 1 aromatic heterocycles. The van der Waals surface area contributed by atoms with E-state index in [1.807, 2.05) is 59.8 Å². The number of aromatic nitrogens is 2. The maximum absolute atomic E-state index is 13.6. The van der Waals surface area contributed by atoms with Crippen LogP contribution in [0, 0.1) is 0 Å². The molecular formula is C26H29N3O3. The lowest BCUT2D eigenvalue weighted by molar-refractivity contribution is 0.0733. The lowest BCUT2D eigenvalue weighted by atomic mass is 9.98. The Morgan fingerprint density at radius 1 is 1.03 bits per heavy atom. The standard InChI is InChI=1S/C26H29N3O3/c1-3-31-23-14-19-12-13-28(17-20(19)15-24(23)32-4-2)26(30)22-16-27-29(25(22)18-10-11-18)21-8-6-5-7-9-21/h5-9,14-16,18H,3-4,10-13,17H2,1-2H3. The summed E-state index contributed by atoms with van der Waals surface area (Å²) in [6.07, 6.45) is 4.78. The number of ether oxygens (including phenoxy) is 2. The van der Waals surface area contributed by atoms with Crippen LogP contribution < -0.4 is 9.47 Å². The quantitative estimate of drug-likeness (QED) is 0.542. The molecule has 1 amide bonds. The molecule has 0 N–H and O–H groups in total. The summed E-state index contributed by atoms with van der Waals surface area (Å²) in [6, 6.07) is 14.2. The number of fused-ring (bicyclic) bond motifs is 1. The molecule has 0 spiro atoms. The highest BCUT2D eigenvalue weighted by Crippen LogP contribution is 2.43. The molecule has 0 atom stereocenters. The number of carbonyl (C=O) groups is 1. The van der Waals surface area contributed by atoms with E-state index in [9.17, 15) is 4.79 Å². The van der Waals surface area contributed by atoms with Crippen LogP contribution in [0.3, 0.4) is 0 Å². The van der Waals surface area contributed by atoms with Crippen LogP contribution in [0.5, 0.6) is 11.5 Å². The lowest BCUT2D eigenvalue weighted by Crippen LogP contribution is -2.36. The Morgan fingerprint density at radius 2 is 1.72 bits per heavy atom. The number of benzene rings is 2. The van der Waals surface area contributed by atoms with Gasteiger partial charge in [0.25, 0.3) is 5.91 Å². The van der Waals surface area contributed by atoms with Gasteiger partial charge in [0.1, 0.15) is 0 Å². The molecular weight excluding hydrogens is 402 g/mol. The second-order valence-electron chi connectivity index (χ2n) is 8.38. The number of carbonyl (C=O) groups excluding carboxylic acids is 1. The minimum atomic E-state index is 0.0616. The first kappa shape index (κ1) is 20.6. The van der Waals surface area contributed by atoms with Crippen LogP contribution in [0.1, 0.15) is 59.8 Å². The van der Waals surface area contributed by atoms with Crippen LogP contribution >= 0.6 is 0 Å². The van der Waals surface area contributed by atoms with E-state index in [2.05, 4.69) is 11.2 Å². The molecule has 2 aliphatic rings. The zero-order valence-electron chi connectivity index (χ0n) is 18.7. The van der Waals surface area contributed by atoms with Crippen molar-refractivity contribution in [1.82, 2.24) is 14.7 Å². The summed E-state index contributed by atoms with van der Waals surface area (Å²) in [5.41, 5.74) is 5.13. The van der Waals surface area contributed by atoms with Gasteiger partial charge in [0.2, 0.25) is 0 Å². The maximum Gasteiger partial charge on any atom is 0.257 e. The highest BCUT2D eigenvalue weighted by atomic mass is 16.5. The van der Waals surface area contributed by atoms with Gasteiger partial charge in [-0.3, -0.25) is 4.79 Å². The van der Waals surface area contributed by atoms with Crippen molar-refractivity contribution in [2.45, 2.75) is 45.6 Å². The van der Waals surface area contributed by atoms with E-state index in [0.29, 0.717) is 32.2 Å². The molecule has 1 aliphatic carbocycles. The Hall–Kier alpha value is -3.28. The van der Waals surface area contributed by atoms with E-state index in [1.54, 1.807) is 6.20 Å². The van der Waals surface area contributed by atoms with E-state index in [-0.39, 0.29) is 5.91 Å². The normalized spacial score (nSPS) is 15.4. The summed E-state index contributed by atoms with van der Waals surface area (Å²) in [5, 5.41) is 4.61. The van der Waals surface area contributed by atoms with Gasteiger partial charge in [-0.2, -0.15) is 5.10 Å². The summed E-state index contributed by atoms with van der Waals surface area (Å²) in [4.78, 5) is 15.5. The van der Waals surface area contributed by atoms with Gasteiger partial charge in [0.15, 0.2) is 11.5 Å². The summed E-state index contributed by atoms with van der Waals surface area (Å²) < 4.78 is 13.5. The molecule has 1 fully saturated rings. The Balaban J connectivity index is 1.43. The van der Waals surface area contributed by atoms with Gasteiger partial charge in [-0.15, -0.1) is 0 Å². The molecule has 0 saturated heterocycles. The highest BCUT2D eigenvalue weighted by Gasteiger charge is 2.35. The maximum atomic E-state index is 13.6. The second kappa shape index (κ2) is 8.69. The van der Waals surface area contributed by atoms with Gasteiger partial charge in [-0.25, -0.2) is 4.68 Å². The van der Waals surface area contributed by atoms with Crippen molar-refractivity contribution in [3.8, 4) is 17.2 Å². The molecule has 3 aromatic rings. The fraction of sp³-hybridized carbons (Fsp3) is 0.385. The van der Waals surface area contributed by atoms with E-state index >= 15 is 0 Å². The van der Waals surface area contributed by atoms with E-state index < -0.39 is 0 Å². The third-order valence-electron chi connectivity index (χ3n) is 6.17. The number of amides is 1. The molecule has 6 heteroatoms. The van der Waals surface area contributed by atoms with Crippen molar-refractivity contribution in [2.75, 3.05) is 19.8 Å². The predicted molar refractivity (Wildman–Crippen MR) is 123 cm³/mol. The summed E-state index contributed by atoms with van der Waals surface area (Å²) in [7, 11) is 0. The van der Waals surface area contributed by atoms with Gasteiger partial charge in [-0.05, 0) is 68.5 Å². The number of para-hydroxylation sites is 1. The van der Waals surface area contributed by atoms with Crippen molar-refractivity contribution in [3.05, 3.63) is 71.0 Å². The SMILES string of the molecule is CCOc1cc2c(cc1OCC)CN(C(=O)c1cnn(-c3ccccc3)c1C1CC1)CC2. The van der Waals surface area contributed by atoms with Crippen molar-refractivity contribution in [2.24, 2.45) is 0 Å². The molecule has 32 heavy (non-hydrogen) atoms. The van der Waals surface area contributed by atoms with Crippen molar-refractivity contribution >= 4 is 5.91 Å². The molecule has 0 radical (unpaired) electrons. The lowest BCUT2D eigenvalue weighted by Gasteiger charge is -2.30. The Morgan fingerprint density at radius 3 is 2.38 bits per heavy atom. The molecule has 5 rings (SSSR count).